The molecule has 0 N–H and O–H groups in total. The van der Waals surface area contributed by atoms with Gasteiger partial charge in [-0.15, -0.1) is 0 Å². The summed E-state index contributed by atoms with van der Waals surface area (Å²) in [4.78, 5) is 28.3. The van der Waals surface area contributed by atoms with Crippen LogP contribution in [0.3, 0.4) is 0 Å². The third kappa shape index (κ3) is 3.02. The van der Waals surface area contributed by atoms with E-state index in [1.165, 1.54) is 14.2 Å². The third-order valence-electron chi connectivity index (χ3n) is 6.81. The van der Waals surface area contributed by atoms with Crippen LogP contribution in [-0.2, 0) is 24.6 Å². The van der Waals surface area contributed by atoms with E-state index in [0.717, 1.165) is 22.5 Å². The Balaban J connectivity index is 1.83. The third-order valence-corrected chi connectivity index (χ3v) is 6.81. The van der Waals surface area contributed by atoms with Gasteiger partial charge in [0, 0.05) is 17.8 Å². The number of carbonyl (C=O) groups is 2. The maximum atomic E-state index is 13.1. The van der Waals surface area contributed by atoms with Crippen molar-refractivity contribution in [1.29, 1.82) is 0 Å². The number of anilines is 1. The first-order valence-electron chi connectivity index (χ1n) is 11.0. The van der Waals surface area contributed by atoms with Crippen LogP contribution in [-0.4, -0.2) is 33.3 Å². The molecule has 0 bridgehead atoms. The Morgan fingerprint density at radius 1 is 0.853 bits per heavy atom. The van der Waals surface area contributed by atoms with Gasteiger partial charge in [0.2, 0.25) is 0 Å². The van der Waals surface area contributed by atoms with Crippen molar-refractivity contribution in [1.82, 2.24) is 0 Å². The van der Waals surface area contributed by atoms with E-state index in [1.54, 1.807) is 13.2 Å². The molecule has 6 nitrogen and oxygen atoms in total. The zero-order chi connectivity index (χ0) is 23.9. The van der Waals surface area contributed by atoms with E-state index in [9.17, 15) is 9.59 Å². The largest absolute Gasteiger partial charge is 0.497 e. The Hall–Kier alpha value is -4.06. The van der Waals surface area contributed by atoms with E-state index in [4.69, 9.17) is 14.2 Å². The van der Waals surface area contributed by atoms with E-state index in [2.05, 4.69) is 29.2 Å². The molecule has 34 heavy (non-hydrogen) atoms. The van der Waals surface area contributed by atoms with Gasteiger partial charge in [0.25, 0.3) is 0 Å². The number of methoxy groups -OCH3 is 3. The van der Waals surface area contributed by atoms with Crippen molar-refractivity contribution in [2.75, 3.05) is 26.2 Å². The van der Waals surface area contributed by atoms with Gasteiger partial charge in [-0.2, -0.15) is 0 Å². The lowest BCUT2D eigenvalue weighted by molar-refractivity contribution is -0.145. The zero-order valence-electron chi connectivity index (χ0n) is 19.3. The van der Waals surface area contributed by atoms with Crippen molar-refractivity contribution >= 4 is 17.6 Å². The number of hydrogen-bond donors (Lipinski definition) is 0. The van der Waals surface area contributed by atoms with Crippen molar-refractivity contribution in [3.8, 4) is 5.75 Å². The zero-order valence-corrected chi connectivity index (χ0v) is 19.3. The average Bonchev–Trinajstić information content (AvgIpc) is 2.88. The van der Waals surface area contributed by atoms with Crippen LogP contribution in [0.1, 0.15) is 29.0 Å². The van der Waals surface area contributed by atoms with Crippen LogP contribution in [0.5, 0.6) is 5.75 Å². The Bertz CT molecular complexity index is 1240. The number of benzene rings is 3. The SMILES string of the molecule is COC(=O)C1=C2CC(c3ccccc3)(c3ccccc3)N2c2ccc(OC)cc2C1C(=O)OC. The van der Waals surface area contributed by atoms with E-state index in [1.807, 2.05) is 48.5 Å². The minimum absolute atomic E-state index is 0.303. The average molecular weight is 456 g/mol. The fourth-order valence-corrected chi connectivity index (χ4v) is 5.29. The predicted molar refractivity (Wildman–Crippen MR) is 128 cm³/mol. The summed E-state index contributed by atoms with van der Waals surface area (Å²) in [6.07, 6.45) is 0.532. The van der Waals surface area contributed by atoms with Gasteiger partial charge in [-0.3, -0.25) is 4.79 Å². The molecule has 0 spiro atoms. The molecule has 5 rings (SSSR count). The lowest BCUT2D eigenvalue weighted by Gasteiger charge is -2.59. The van der Waals surface area contributed by atoms with Crippen molar-refractivity contribution in [3.63, 3.8) is 0 Å². The van der Waals surface area contributed by atoms with Crippen LogP contribution in [0, 0.1) is 0 Å². The van der Waals surface area contributed by atoms with Gasteiger partial charge in [-0.1, -0.05) is 60.7 Å². The lowest BCUT2D eigenvalue weighted by atomic mass is 9.66. The van der Waals surface area contributed by atoms with Crippen LogP contribution in [0.4, 0.5) is 5.69 Å². The molecule has 2 aliphatic rings. The second-order valence-electron chi connectivity index (χ2n) is 8.34. The number of fused-ring (bicyclic) bond motifs is 3. The molecule has 2 aliphatic heterocycles. The van der Waals surface area contributed by atoms with Gasteiger partial charge in [0.05, 0.1) is 26.9 Å². The van der Waals surface area contributed by atoms with Gasteiger partial charge in [-0.25, -0.2) is 4.79 Å². The lowest BCUT2D eigenvalue weighted by Crippen LogP contribution is -2.59. The Labute approximate surface area is 198 Å². The van der Waals surface area contributed by atoms with Gasteiger partial charge in [0.1, 0.15) is 17.2 Å². The number of esters is 2. The molecule has 0 amide bonds. The van der Waals surface area contributed by atoms with Crippen molar-refractivity contribution < 1.29 is 23.8 Å². The van der Waals surface area contributed by atoms with E-state index in [0.29, 0.717) is 23.3 Å². The normalized spacial score (nSPS) is 17.7. The smallest absolute Gasteiger partial charge is 0.336 e. The number of carbonyl (C=O) groups excluding carboxylic acids is 2. The summed E-state index contributed by atoms with van der Waals surface area (Å²) in [7, 11) is 4.23. The first-order valence-corrected chi connectivity index (χ1v) is 11.0. The number of ether oxygens (including phenoxy) is 3. The number of nitrogens with zero attached hydrogens (tertiary/aromatic N) is 1. The fraction of sp³-hybridized carbons (Fsp3) is 0.214. The molecule has 6 heteroatoms. The maximum absolute atomic E-state index is 13.1. The Morgan fingerprint density at radius 3 is 2.00 bits per heavy atom. The highest BCUT2D eigenvalue weighted by molar-refractivity contribution is 6.03. The maximum Gasteiger partial charge on any atom is 0.336 e. The van der Waals surface area contributed by atoms with Gasteiger partial charge in [-0.05, 0) is 34.9 Å². The van der Waals surface area contributed by atoms with Gasteiger partial charge in [0.15, 0.2) is 0 Å². The molecule has 1 saturated heterocycles. The standard InChI is InChI=1S/C28H25NO5/c1-32-20-14-15-22-21(16-20)24(26(30)33-2)25(27(31)34-3)23-17-28(29(22)23,18-10-6-4-7-11-18)19-12-8-5-9-13-19/h4-16,24H,17H2,1-3H3. The minimum atomic E-state index is -0.904. The summed E-state index contributed by atoms with van der Waals surface area (Å²) in [5.74, 6) is -1.37. The molecular formula is C28H25NO5. The molecule has 3 aromatic rings. The molecule has 172 valence electrons. The van der Waals surface area contributed by atoms with Crippen LogP contribution >= 0.6 is 0 Å². The number of rotatable bonds is 5. The molecule has 0 saturated carbocycles. The summed E-state index contributed by atoms with van der Waals surface area (Å²) in [5, 5.41) is 0. The van der Waals surface area contributed by atoms with Crippen LogP contribution in [0.15, 0.2) is 90.1 Å². The second-order valence-corrected chi connectivity index (χ2v) is 8.34. The first kappa shape index (κ1) is 21.8. The molecular weight excluding hydrogens is 430 g/mol. The summed E-state index contributed by atoms with van der Waals surface area (Å²) < 4.78 is 15.8. The summed E-state index contributed by atoms with van der Waals surface area (Å²) in [6.45, 7) is 0. The monoisotopic (exact) mass is 455 g/mol. The van der Waals surface area contributed by atoms with Crippen molar-refractivity contribution in [2.45, 2.75) is 17.9 Å². The fourth-order valence-electron chi connectivity index (χ4n) is 5.29. The molecule has 1 fully saturated rings. The quantitative estimate of drug-likeness (QED) is 0.526. The molecule has 0 radical (unpaired) electrons. The molecule has 2 heterocycles. The highest BCUT2D eigenvalue weighted by Gasteiger charge is 2.57. The van der Waals surface area contributed by atoms with Crippen molar-refractivity contribution in [3.05, 3.63) is 107 Å². The first-order chi connectivity index (χ1) is 16.6. The minimum Gasteiger partial charge on any atom is -0.497 e. The molecule has 0 aliphatic carbocycles. The number of hydrogen-bond acceptors (Lipinski definition) is 6. The Kier molecular flexibility index (Phi) is 5.36. The topological polar surface area (TPSA) is 65.1 Å². The Morgan fingerprint density at radius 2 is 1.47 bits per heavy atom. The van der Waals surface area contributed by atoms with E-state index >= 15 is 0 Å². The highest BCUT2D eigenvalue weighted by Crippen LogP contribution is 2.60. The van der Waals surface area contributed by atoms with E-state index < -0.39 is 23.4 Å². The molecule has 1 atom stereocenters. The summed E-state index contributed by atoms with van der Waals surface area (Å²) in [6, 6.07) is 26.0. The molecule has 1 unspecified atom stereocenters. The van der Waals surface area contributed by atoms with Crippen molar-refractivity contribution in [2.24, 2.45) is 0 Å². The van der Waals surface area contributed by atoms with E-state index in [-0.39, 0.29) is 0 Å². The summed E-state index contributed by atoms with van der Waals surface area (Å²) in [5.41, 5.74) is 4.16. The van der Waals surface area contributed by atoms with Crippen LogP contribution in [0.25, 0.3) is 0 Å². The highest BCUT2D eigenvalue weighted by atomic mass is 16.5. The summed E-state index contributed by atoms with van der Waals surface area (Å²) >= 11 is 0. The van der Waals surface area contributed by atoms with Gasteiger partial charge >= 0.3 is 11.9 Å². The molecule has 0 aromatic heterocycles. The van der Waals surface area contributed by atoms with Gasteiger partial charge < -0.3 is 19.1 Å². The molecule has 3 aromatic carbocycles. The van der Waals surface area contributed by atoms with Crippen LogP contribution < -0.4 is 9.64 Å². The second kappa shape index (κ2) is 8.37. The van der Waals surface area contributed by atoms with Crippen LogP contribution in [0.2, 0.25) is 0 Å². The predicted octanol–water partition coefficient (Wildman–Crippen LogP) is 4.55.